The van der Waals surface area contributed by atoms with Gasteiger partial charge in [0.2, 0.25) is 0 Å². The predicted octanol–water partition coefficient (Wildman–Crippen LogP) is 4.90. The van der Waals surface area contributed by atoms with Crippen molar-refractivity contribution in [3.63, 3.8) is 0 Å². The van der Waals surface area contributed by atoms with E-state index in [1.54, 1.807) is 14.2 Å². The Kier molecular flexibility index (Phi) is 17.8. The van der Waals surface area contributed by atoms with Gasteiger partial charge in [0.1, 0.15) is 0 Å². The maximum atomic E-state index is 5.13. The van der Waals surface area contributed by atoms with Crippen LogP contribution in [0.2, 0.25) is 0 Å². The molecule has 0 amide bonds. The molecule has 0 saturated carbocycles. The highest BCUT2D eigenvalue weighted by Gasteiger charge is 2.02. The molecule has 0 aromatic heterocycles. The van der Waals surface area contributed by atoms with Crippen LogP contribution in [0.25, 0.3) is 0 Å². The molecule has 1 N–H and O–H groups in total. The first-order chi connectivity index (χ1) is 10.3. The van der Waals surface area contributed by atoms with Crippen molar-refractivity contribution >= 4 is 0 Å². The van der Waals surface area contributed by atoms with Crippen LogP contribution in [-0.2, 0) is 9.47 Å². The Morgan fingerprint density at radius 1 is 0.667 bits per heavy atom. The van der Waals surface area contributed by atoms with Crippen molar-refractivity contribution in [2.75, 3.05) is 27.3 Å². The predicted molar refractivity (Wildman–Crippen MR) is 91.8 cm³/mol. The first-order valence-electron chi connectivity index (χ1n) is 9.11. The molecule has 128 valence electrons. The van der Waals surface area contributed by atoms with Gasteiger partial charge in [-0.15, -0.1) is 0 Å². The van der Waals surface area contributed by atoms with Crippen molar-refractivity contribution in [3.05, 3.63) is 0 Å². The van der Waals surface area contributed by atoms with Gasteiger partial charge >= 0.3 is 0 Å². The Labute approximate surface area is 133 Å². The van der Waals surface area contributed by atoms with Crippen LogP contribution in [0, 0.1) is 0 Å². The standard InChI is InChI=1S/C18H39NO2/c1-4-5-6-7-8-9-10-11-12-13-14-15-16-19-17-18(20-2)21-3/h18-19H,4-17H2,1-3H3. The smallest absolute Gasteiger partial charge is 0.169 e. The van der Waals surface area contributed by atoms with Crippen LogP contribution in [0.15, 0.2) is 0 Å². The second-order valence-electron chi connectivity index (χ2n) is 5.99. The first kappa shape index (κ1) is 20.9. The molecule has 0 aliphatic carbocycles. The minimum Gasteiger partial charge on any atom is -0.355 e. The maximum absolute atomic E-state index is 5.13. The molecular formula is C18H39NO2. The number of methoxy groups -OCH3 is 2. The molecule has 0 heterocycles. The molecule has 0 atom stereocenters. The zero-order valence-corrected chi connectivity index (χ0v) is 14.8. The van der Waals surface area contributed by atoms with Gasteiger partial charge in [-0.2, -0.15) is 0 Å². The van der Waals surface area contributed by atoms with E-state index >= 15 is 0 Å². The molecule has 0 aliphatic rings. The zero-order valence-electron chi connectivity index (χ0n) is 14.8. The molecule has 3 heteroatoms. The fraction of sp³-hybridized carbons (Fsp3) is 1.00. The quantitative estimate of drug-likeness (QED) is 0.306. The minimum absolute atomic E-state index is 0.109. The van der Waals surface area contributed by atoms with Crippen LogP contribution in [-0.4, -0.2) is 33.6 Å². The lowest BCUT2D eigenvalue weighted by Crippen LogP contribution is -2.30. The molecular weight excluding hydrogens is 262 g/mol. The van der Waals surface area contributed by atoms with Gasteiger partial charge in [-0.05, 0) is 13.0 Å². The van der Waals surface area contributed by atoms with E-state index < -0.39 is 0 Å². The summed E-state index contributed by atoms with van der Waals surface area (Å²) in [5, 5.41) is 3.37. The Morgan fingerprint density at radius 2 is 1.10 bits per heavy atom. The van der Waals surface area contributed by atoms with Gasteiger partial charge in [0.15, 0.2) is 6.29 Å². The molecule has 0 saturated heterocycles. The molecule has 3 nitrogen and oxygen atoms in total. The highest BCUT2D eigenvalue weighted by molar-refractivity contribution is 4.53. The van der Waals surface area contributed by atoms with E-state index in [0.29, 0.717) is 0 Å². The Bertz CT molecular complexity index is 184. The number of rotatable bonds is 17. The van der Waals surface area contributed by atoms with Gasteiger partial charge in [0.25, 0.3) is 0 Å². The van der Waals surface area contributed by atoms with Crippen LogP contribution in [0.4, 0.5) is 0 Å². The number of unbranched alkanes of at least 4 members (excludes halogenated alkanes) is 11. The van der Waals surface area contributed by atoms with Crippen molar-refractivity contribution in [1.82, 2.24) is 5.32 Å². The summed E-state index contributed by atoms with van der Waals surface area (Å²) in [6, 6.07) is 0. The highest BCUT2D eigenvalue weighted by atomic mass is 16.7. The summed E-state index contributed by atoms with van der Waals surface area (Å²) in [7, 11) is 3.36. The normalized spacial score (nSPS) is 11.4. The van der Waals surface area contributed by atoms with Crippen LogP contribution in [0.3, 0.4) is 0 Å². The van der Waals surface area contributed by atoms with E-state index in [1.807, 2.05) is 0 Å². The fourth-order valence-electron chi connectivity index (χ4n) is 2.57. The van der Waals surface area contributed by atoms with Crippen molar-refractivity contribution in [1.29, 1.82) is 0 Å². The average molecular weight is 302 g/mol. The van der Waals surface area contributed by atoms with Crippen molar-refractivity contribution in [2.24, 2.45) is 0 Å². The Morgan fingerprint density at radius 3 is 1.52 bits per heavy atom. The minimum atomic E-state index is -0.109. The average Bonchev–Trinajstić information content (AvgIpc) is 2.51. The molecule has 21 heavy (non-hydrogen) atoms. The van der Waals surface area contributed by atoms with E-state index in [1.165, 1.54) is 77.0 Å². The third kappa shape index (κ3) is 16.1. The topological polar surface area (TPSA) is 30.5 Å². The van der Waals surface area contributed by atoms with Gasteiger partial charge < -0.3 is 14.8 Å². The second kappa shape index (κ2) is 17.9. The second-order valence-corrected chi connectivity index (χ2v) is 5.99. The number of hydrogen-bond acceptors (Lipinski definition) is 3. The largest absolute Gasteiger partial charge is 0.355 e. The molecule has 0 fully saturated rings. The summed E-state index contributed by atoms with van der Waals surface area (Å²) < 4.78 is 10.3. The first-order valence-corrected chi connectivity index (χ1v) is 9.11. The van der Waals surface area contributed by atoms with Crippen molar-refractivity contribution in [3.8, 4) is 0 Å². The van der Waals surface area contributed by atoms with E-state index in [9.17, 15) is 0 Å². The molecule has 0 radical (unpaired) electrons. The summed E-state index contributed by atoms with van der Waals surface area (Å²) in [4.78, 5) is 0. The highest BCUT2D eigenvalue weighted by Crippen LogP contribution is 2.11. The van der Waals surface area contributed by atoms with Gasteiger partial charge in [0.05, 0.1) is 0 Å². The number of ether oxygens (including phenoxy) is 2. The van der Waals surface area contributed by atoms with Crippen molar-refractivity contribution in [2.45, 2.75) is 90.3 Å². The molecule has 0 aliphatic heterocycles. The van der Waals surface area contributed by atoms with E-state index in [0.717, 1.165) is 13.1 Å². The monoisotopic (exact) mass is 301 g/mol. The van der Waals surface area contributed by atoms with E-state index in [-0.39, 0.29) is 6.29 Å². The van der Waals surface area contributed by atoms with Gasteiger partial charge in [0, 0.05) is 20.8 Å². The zero-order chi connectivity index (χ0) is 15.6. The molecule has 0 aromatic rings. The van der Waals surface area contributed by atoms with Crippen molar-refractivity contribution < 1.29 is 9.47 Å². The third-order valence-electron chi connectivity index (χ3n) is 4.04. The molecule has 0 unspecified atom stereocenters. The summed E-state index contributed by atoms with van der Waals surface area (Å²) in [6.45, 7) is 4.13. The molecule has 0 aromatic carbocycles. The lowest BCUT2D eigenvalue weighted by atomic mass is 10.1. The molecule has 0 spiro atoms. The van der Waals surface area contributed by atoms with E-state index in [4.69, 9.17) is 9.47 Å². The summed E-state index contributed by atoms with van der Waals surface area (Å²) >= 11 is 0. The number of hydrogen-bond donors (Lipinski definition) is 1. The van der Waals surface area contributed by atoms with E-state index in [2.05, 4.69) is 12.2 Å². The Hall–Kier alpha value is -0.120. The van der Waals surface area contributed by atoms with Crippen LogP contribution in [0.1, 0.15) is 84.0 Å². The number of nitrogens with one attached hydrogen (secondary N) is 1. The maximum Gasteiger partial charge on any atom is 0.169 e. The summed E-state index contributed by atoms with van der Waals surface area (Å²) in [5.41, 5.74) is 0. The summed E-state index contributed by atoms with van der Waals surface area (Å²) in [6.07, 6.45) is 16.7. The van der Waals surface area contributed by atoms with Gasteiger partial charge in [-0.1, -0.05) is 77.6 Å². The Balaban J connectivity index is 3.02. The van der Waals surface area contributed by atoms with Gasteiger partial charge in [-0.25, -0.2) is 0 Å². The molecule has 0 rings (SSSR count). The fourth-order valence-corrected chi connectivity index (χ4v) is 2.57. The third-order valence-corrected chi connectivity index (χ3v) is 4.04. The summed E-state index contributed by atoms with van der Waals surface area (Å²) in [5.74, 6) is 0. The lowest BCUT2D eigenvalue weighted by Gasteiger charge is -2.13. The molecule has 0 bridgehead atoms. The van der Waals surface area contributed by atoms with Crippen LogP contribution in [0.5, 0.6) is 0 Å². The lowest BCUT2D eigenvalue weighted by molar-refractivity contribution is -0.0986. The van der Waals surface area contributed by atoms with Gasteiger partial charge in [-0.3, -0.25) is 0 Å². The SMILES string of the molecule is CCCCCCCCCCCCCCNCC(OC)OC. The van der Waals surface area contributed by atoms with Crippen LogP contribution >= 0.6 is 0 Å². The van der Waals surface area contributed by atoms with Crippen LogP contribution < -0.4 is 5.32 Å².